The molecule has 2 N–H and O–H groups in total. The molecule has 3 nitrogen and oxygen atoms in total. The lowest BCUT2D eigenvalue weighted by molar-refractivity contribution is 0.382. The van der Waals surface area contributed by atoms with E-state index in [0.29, 0.717) is 11.5 Å². The zero-order valence-electron chi connectivity index (χ0n) is 12.7. The van der Waals surface area contributed by atoms with Crippen molar-refractivity contribution in [2.24, 2.45) is 5.73 Å². The highest BCUT2D eigenvalue weighted by atomic mass is 19.1. The third-order valence-corrected chi connectivity index (χ3v) is 3.65. The maximum absolute atomic E-state index is 13.5. The minimum atomic E-state index is -0.448. The predicted octanol–water partition coefficient (Wildman–Crippen LogP) is 3.51. The summed E-state index contributed by atoms with van der Waals surface area (Å²) in [6.45, 7) is 3.71. The molecule has 0 spiro atoms. The molecule has 0 aliphatic heterocycles. The third-order valence-electron chi connectivity index (χ3n) is 3.65. The second-order valence-corrected chi connectivity index (χ2v) is 5.01. The quantitative estimate of drug-likeness (QED) is 0.936. The van der Waals surface area contributed by atoms with Gasteiger partial charge in [0.2, 0.25) is 0 Å². The predicted molar refractivity (Wildman–Crippen MR) is 81.5 cm³/mol. The topological polar surface area (TPSA) is 44.5 Å². The Morgan fingerprint density at radius 3 is 1.86 bits per heavy atom. The maximum Gasteiger partial charge on any atom is 0.127 e. The standard InChI is InChI=1S/C17H20FNO2/c1-10-8-12(18)9-11(2)15(10)17(19)16-13(20-3)6-5-7-14(16)21-4/h5-9,17H,19H2,1-4H3. The number of nitrogens with two attached hydrogens (primary N) is 1. The van der Waals surface area contributed by atoms with Gasteiger partial charge in [0.05, 0.1) is 25.8 Å². The van der Waals surface area contributed by atoms with Crippen molar-refractivity contribution in [3.8, 4) is 11.5 Å². The molecule has 21 heavy (non-hydrogen) atoms. The lowest BCUT2D eigenvalue weighted by Gasteiger charge is -2.22. The van der Waals surface area contributed by atoms with E-state index >= 15 is 0 Å². The van der Waals surface area contributed by atoms with Crippen LogP contribution in [0.1, 0.15) is 28.3 Å². The third kappa shape index (κ3) is 2.85. The summed E-state index contributed by atoms with van der Waals surface area (Å²) in [4.78, 5) is 0. The number of aryl methyl sites for hydroxylation is 2. The molecule has 0 heterocycles. The number of ether oxygens (including phenoxy) is 2. The molecule has 4 heteroatoms. The zero-order chi connectivity index (χ0) is 15.6. The average molecular weight is 289 g/mol. The van der Waals surface area contributed by atoms with E-state index < -0.39 is 6.04 Å². The van der Waals surface area contributed by atoms with Gasteiger partial charge in [0.25, 0.3) is 0 Å². The van der Waals surface area contributed by atoms with E-state index in [0.717, 1.165) is 22.3 Å². The van der Waals surface area contributed by atoms with Gasteiger partial charge in [-0.2, -0.15) is 0 Å². The summed E-state index contributed by atoms with van der Waals surface area (Å²) in [6.07, 6.45) is 0. The Kier molecular flexibility index (Phi) is 4.48. The van der Waals surface area contributed by atoms with E-state index in [1.54, 1.807) is 14.2 Å². The molecule has 2 aromatic rings. The molecule has 2 rings (SSSR count). The maximum atomic E-state index is 13.5. The number of rotatable bonds is 4. The van der Waals surface area contributed by atoms with Crippen molar-refractivity contribution < 1.29 is 13.9 Å². The van der Waals surface area contributed by atoms with E-state index in [1.165, 1.54) is 12.1 Å². The molecule has 1 unspecified atom stereocenters. The molecule has 0 saturated carbocycles. The number of hydrogen-bond acceptors (Lipinski definition) is 3. The van der Waals surface area contributed by atoms with Crippen molar-refractivity contribution in [1.29, 1.82) is 0 Å². The Balaban J connectivity index is 2.62. The first kappa shape index (κ1) is 15.3. The van der Waals surface area contributed by atoms with Crippen LogP contribution in [0.3, 0.4) is 0 Å². The Labute approximate surface area is 124 Å². The first-order valence-corrected chi connectivity index (χ1v) is 6.72. The number of hydrogen-bond donors (Lipinski definition) is 1. The molecule has 1 atom stereocenters. The largest absolute Gasteiger partial charge is 0.496 e. The SMILES string of the molecule is COc1cccc(OC)c1C(N)c1c(C)cc(F)cc1C. The molecule has 0 aromatic heterocycles. The minimum absolute atomic E-state index is 0.257. The van der Waals surface area contributed by atoms with Crippen LogP contribution >= 0.6 is 0 Å². The van der Waals surface area contributed by atoms with Gasteiger partial charge in [-0.25, -0.2) is 4.39 Å². The lowest BCUT2D eigenvalue weighted by atomic mass is 9.91. The van der Waals surface area contributed by atoms with Crippen LogP contribution in [-0.4, -0.2) is 14.2 Å². The number of methoxy groups -OCH3 is 2. The zero-order valence-corrected chi connectivity index (χ0v) is 12.7. The van der Waals surface area contributed by atoms with Gasteiger partial charge in [-0.15, -0.1) is 0 Å². The summed E-state index contributed by atoms with van der Waals surface area (Å²) in [7, 11) is 3.19. The Hall–Kier alpha value is -2.07. The van der Waals surface area contributed by atoms with Gasteiger partial charge >= 0.3 is 0 Å². The second-order valence-electron chi connectivity index (χ2n) is 5.01. The summed E-state index contributed by atoms with van der Waals surface area (Å²) < 4.78 is 24.3. The first-order chi connectivity index (χ1) is 9.99. The van der Waals surface area contributed by atoms with Gasteiger partial charge in [0, 0.05) is 0 Å². The molecular weight excluding hydrogens is 269 g/mol. The minimum Gasteiger partial charge on any atom is -0.496 e. The van der Waals surface area contributed by atoms with E-state index in [-0.39, 0.29) is 5.82 Å². The van der Waals surface area contributed by atoms with Gasteiger partial charge in [-0.05, 0) is 54.8 Å². The first-order valence-electron chi connectivity index (χ1n) is 6.72. The molecule has 0 bridgehead atoms. The van der Waals surface area contributed by atoms with Gasteiger partial charge in [-0.1, -0.05) is 6.07 Å². The van der Waals surface area contributed by atoms with Crippen LogP contribution in [0.25, 0.3) is 0 Å². The van der Waals surface area contributed by atoms with Crippen LogP contribution in [0.5, 0.6) is 11.5 Å². The molecule has 0 radical (unpaired) electrons. The van der Waals surface area contributed by atoms with Crippen molar-refractivity contribution in [2.75, 3.05) is 14.2 Å². The fourth-order valence-corrected chi connectivity index (χ4v) is 2.74. The molecule has 0 fully saturated rings. The fraction of sp³-hybridized carbons (Fsp3) is 0.294. The van der Waals surface area contributed by atoms with Gasteiger partial charge in [-0.3, -0.25) is 0 Å². The van der Waals surface area contributed by atoms with Crippen molar-refractivity contribution in [1.82, 2.24) is 0 Å². The molecule has 112 valence electrons. The smallest absolute Gasteiger partial charge is 0.127 e. The molecule has 0 amide bonds. The van der Waals surface area contributed by atoms with Crippen molar-refractivity contribution in [2.45, 2.75) is 19.9 Å². The number of benzene rings is 2. The van der Waals surface area contributed by atoms with Gasteiger partial charge in [0.15, 0.2) is 0 Å². The van der Waals surface area contributed by atoms with E-state index in [9.17, 15) is 4.39 Å². The van der Waals surface area contributed by atoms with E-state index in [4.69, 9.17) is 15.2 Å². The van der Waals surface area contributed by atoms with Gasteiger partial charge < -0.3 is 15.2 Å². The Bertz CT molecular complexity index is 610. The van der Waals surface area contributed by atoms with Crippen molar-refractivity contribution in [3.05, 3.63) is 58.4 Å². The Morgan fingerprint density at radius 2 is 1.43 bits per heavy atom. The summed E-state index contributed by atoms with van der Waals surface area (Å²) in [6, 6.07) is 8.06. The average Bonchev–Trinajstić information content (AvgIpc) is 2.44. The lowest BCUT2D eigenvalue weighted by Crippen LogP contribution is -2.17. The Morgan fingerprint density at radius 1 is 0.952 bits per heavy atom. The van der Waals surface area contributed by atoms with Crippen molar-refractivity contribution in [3.63, 3.8) is 0 Å². The van der Waals surface area contributed by atoms with Crippen LogP contribution in [0.15, 0.2) is 30.3 Å². The monoisotopic (exact) mass is 289 g/mol. The van der Waals surface area contributed by atoms with E-state index in [2.05, 4.69) is 0 Å². The van der Waals surface area contributed by atoms with Crippen LogP contribution in [0.2, 0.25) is 0 Å². The second kappa shape index (κ2) is 6.14. The highest BCUT2D eigenvalue weighted by Gasteiger charge is 2.22. The molecule has 0 aliphatic carbocycles. The molecular formula is C17H20FNO2. The molecule has 0 saturated heterocycles. The summed E-state index contributed by atoms with van der Waals surface area (Å²) in [5, 5.41) is 0. The fourth-order valence-electron chi connectivity index (χ4n) is 2.74. The summed E-state index contributed by atoms with van der Waals surface area (Å²) >= 11 is 0. The summed E-state index contributed by atoms with van der Waals surface area (Å²) in [5.41, 5.74) is 9.72. The highest BCUT2D eigenvalue weighted by Crippen LogP contribution is 2.38. The van der Waals surface area contributed by atoms with E-state index in [1.807, 2.05) is 32.0 Å². The molecule has 0 aliphatic rings. The number of halogens is 1. The van der Waals surface area contributed by atoms with Crippen LogP contribution < -0.4 is 15.2 Å². The van der Waals surface area contributed by atoms with Crippen LogP contribution in [-0.2, 0) is 0 Å². The summed E-state index contributed by atoms with van der Waals surface area (Å²) in [5.74, 6) is 1.06. The highest BCUT2D eigenvalue weighted by molar-refractivity contribution is 5.53. The molecule has 2 aromatic carbocycles. The van der Waals surface area contributed by atoms with Crippen molar-refractivity contribution >= 4 is 0 Å². The van der Waals surface area contributed by atoms with Crippen LogP contribution in [0, 0.1) is 19.7 Å². The van der Waals surface area contributed by atoms with Crippen LogP contribution in [0.4, 0.5) is 4.39 Å². The normalized spacial score (nSPS) is 12.1. The van der Waals surface area contributed by atoms with Gasteiger partial charge in [0.1, 0.15) is 17.3 Å².